The van der Waals surface area contributed by atoms with Gasteiger partial charge in [-0.05, 0) is 42.8 Å². The topological polar surface area (TPSA) is 47.6 Å². The molecule has 1 N–H and O–H groups in total. The van der Waals surface area contributed by atoms with Crippen molar-refractivity contribution in [3.05, 3.63) is 53.1 Å². The molecule has 2 rings (SSSR count). The number of Topliss-reactive ketones (excluding diaryl/α,β-unsaturated/α-hetero) is 1. The summed E-state index contributed by atoms with van der Waals surface area (Å²) >= 11 is 0. The summed E-state index contributed by atoms with van der Waals surface area (Å²) in [5.74, 6) is 1.68. The lowest BCUT2D eigenvalue weighted by Crippen LogP contribution is -2.08. The standard InChI is InChI=1S/C20H25NO3/c1-13(2)20(22)15-9-10-18(14(3)11-15)24-12-16-17(21-4)7-6-8-19(16)23-5/h6-11,13,21H,12H2,1-5H3. The number of anilines is 1. The van der Waals surface area contributed by atoms with Gasteiger partial charge < -0.3 is 14.8 Å². The molecular formula is C20H25NO3. The van der Waals surface area contributed by atoms with Crippen LogP contribution >= 0.6 is 0 Å². The maximum Gasteiger partial charge on any atom is 0.165 e. The second kappa shape index (κ2) is 7.86. The largest absolute Gasteiger partial charge is 0.496 e. The molecule has 4 nitrogen and oxygen atoms in total. The lowest BCUT2D eigenvalue weighted by atomic mass is 9.99. The van der Waals surface area contributed by atoms with E-state index in [0.717, 1.165) is 33.9 Å². The predicted molar refractivity (Wildman–Crippen MR) is 97.2 cm³/mol. The minimum Gasteiger partial charge on any atom is -0.496 e. The van der Waals surface area contributed by atoms with Crippen LogP contribution in [0.1, 0.15) is 35.3 Å². The fourth-order valence-corrected chi connectivity index (χ4v) is 2.59. The highest BCUT2D eigenvalue weighted by molar-refractivity contribution is 5.97. The molecule has 0 aliphatic rings. The van der Waals surface area contributed by atoms with E-state index in [1.165, 1.54) is 0 Å². The zero-order valence-corrected chi connectivity index (χ0v) is 15.0. The van der Waals surface area contributed by atoms with Crippen molar-refractivity contribution in [2.24, 2.45) is 5.92 Å². The van der Waals surface area contributed by atoms with Crippen molar-refractivity contribution in [2.45, 2.75) is 27.4 Å². The number of rotatable bonds is 7. The van der Waals surface area contributed by atoms with Crippen LogP contribution < -0.4 is 14.8 Å². The van der Waals surface area contributed by atoms with Crippen LogP contribution in [0.25, 0.3) is 0 Å². The number of methoxy groups -OCH3 is 1. The number of aryl methyl sites for hydroxylation is 1. The Labute approximate surface area is 143 Å². The second-order valence-corrected chi connectivity index (χ2v) is 6.02. The average Bonchev–Trinajstić information content (AvgIpc) is 2.59. The first-order valence-corrected chi connectivity index (χ1v) is 8.09. The summed E-state index contributed by atoms with van der Waals surface area (Å²) in [5.41, 5.74) is 3.60. The van der Waals surface area contributed by atoms with Crippen LogP contribution in [0, 0.1) is 12.8 Å². The van der Waals surface area contributed by atoms with E-state index in [1.807, 2.05) is 64.2 Å². The molecule has 0 heterocycles. The molecule has 0 radical (unpaired) electrons. The van der Waals surface area contributed by atoms with E-state index in [2.05, 4.69) is 5.32 Å². The highest BCUT2D eigenvalue weighted by Gasteiger charge is 2.13. The van der Waals surface area contributed by atoms with E-state index in [9.17, 15) is 4.79 Å². The third-order valence-electron chi connectivity index (χ3n) is 3.98. The fraction of sp³-hybridized carbons (Fsp3) is 0.350. The molecule has 0 fully saturated rings. The Balaban J connectivity index is 2.20. The summed E-state index contributed by atoms with van der Waals surface area (Å²) in [6.45, 7) is 6.15. The van der Waals surface area contributed by atoms with Gasteiger partial charge in [-0.1, -0.05) is 19.9 Å². The third kappa shape index (κ3) is 3.88. The Hall–Kier alpha value is -2.49. The van der Waals surface area contributed by atoms with E-state index < -0.39 is 0 Å². The molecule has 4 heteroatoms. The van der Waals surface area contributed by atoms with Crippen LogP contribution in [0.5, 0.6) is 11.5 Å². The molecular weight excluding hydrogens is 302 g/mol. The van der Waals surface area contributed by atoms with Gasteiger partial charge in [-0.2, -0.15) is 0 Å². The summed E-state index contributed by atoms with van der Waals surface area (Å²) in [6.07, 6.45) is 0. The highest BCUT2D eigenvalue weighted by Crippen LogP contribution is 2.29. The van der Waals surface area contributed by atoms with Gasteiger partial charge in [-0.25, -0.2) is 0 Å². The van der Waals surface area contributed by atoms with Gasteiger partial charge in [0.15, 0.2) is 5.78 Å². The summed E-state index contributed by atoms with van der Waals surface area (Å²) in [5, 5.41) is 3.15. The van der Waals surface area contributed by atoms with Crippen molar-refractivity contribution in [3.8, 4) is 11.5 Å². The molecule has 0 spiro atoms. The lowest BCUT2D eigenvalue weighted by molar-refractivity contribution is 0.0939. The highest BCUT2D eigenvalue weighted by atomic mass is 16.5. The Bertz CT molecular complexity index is 701. The zero-order chi connectivity index (χ0) is 17.7. The molecule has 2 aromatic rings. The van der Waals surface area contributed by atoms with Crippen LogP contribution in [0.15, 0.2) is 36.4 Å². The number of carbonyl (C=O) groups excluding carboxylic acids is 1. The fourth-order valence-electron chi connectivity index (χ4n) is 2.59. The Morgan fingerprint density at radius 3 is 2.50 bits per heavy atom. The SMILES string of the molecule is CNc1cccc(OC)c1COc1ccc(C(=O)C(C)C)cc1C. The number of hydrogen-bond donors (Lipinski definition) is 1. The molecule has 0 atom stereocenters. The lowest BCUT2D eigenvalue weighted by Gasteiger charge is -2.16. The van der Waals surface area contributed by atoms with E-state index in [4.69, 9.17) is 9.47 Å². The average molecular weight is 327 g/mol. The van der Waals surface area contributed by atoms with Crippen molar-refractivity contribution in [2.75, 3.05) is 19.5 Å². The Morgan fingerprint density at radius 2 is 1.92 bits per heavy atom. The van der Waals surface area contributed by atoms with Crippen LogP contribution in [0.4, 0.5) is 5.69 Å². The van der Waals surface area contributed by atoms with Gasteiger partial charge in [0.2, 0.25) is 0 Å². The van der Waals surface area contributed by atoms with Gasteiger partial charge in [0, 0.05) is 24.2 Å². The molecule has 0 aromatic heterocycles. The number of ether oxygens (including phenoxy) is 2. The number of benzene rings is 2. The first-order valence-electron chi connectivity index (χ1n) is 8.09. The van der Waals surface area contributed by atoms with E-state index in [1.54, 1.807) is 7.11 Å². The first-order chi connectivity index (χ1) is 11.5. The van der Waals surface area contributed by atoms with E-state index in [0.29, 0.717) is 6.61 Å². The Morgan fingerprint density at radius 1 is 1.17 bits per heavy atom. The number of nitrogens with one attached hydrogen (secondary N) is 1. The van der Waals surface area contributed by atoms with Crippen molar-refractivity contribution in [1.82, 2.24) is 0 Å². The van der Waals surface area contributed by atoms with Crippen molar-refractivity contribution in [3.63, 3.8) is 0 Å². The molecule has 0 aliphatic heterocycles. The third-order valence-corrected chi connectivity index (χ3v) is 3.98. The number of carbonyl (C=O) groups is 1. The molecule has 24 heavy (non-hydrogen) atoms. The normalized spacial score (nSPS) is 10.6. The van der Waals surface area contributed by atoms with Gasteiger partial charge in [0.25, 0.3) is 0 Å². The van der Waals surface area contributed by atoms with Gasteiger partial charge in [0.05, 0.1) is 12.7 Å². The van der Waals surface area contributed by atoms with Crippen molar-refractivity contribution in [1.29, 1.82) is 0 Å². The molecule has 2 aromatic carbocycles. The van der Waals surface area contributed by atoms with E-state index in [-0.39, 0.29) is 11.7 Å². The molecule has 128 valence electrons. The maximum absolute atomic E-state index is 12.1. The summed E-state index contributed by atoms with van der Waals surface area (Å²) in [7, 11) is 3.52. The molecule has 0 saturated heterocycles. The van der Waals surface area contributed by atoms with E-state index >= 15 is 0 Å². The monoisotopic (exact) mass is 327 g/mol. The van der Waals surface area contributed by atoms with Crippen LogP contribution in [0.3, 0.4) is 0 Å². The minimum absolute atomic E-state index is 0.0112. The molecule has 0 aliphatic carbocycles. The quantitative estimate of drug-likeness (QED) is 0.763. The summed E-state index contributed by atoms with van der Waals surface area (Å²) in [6, 6.07) is 11.4. The van der Waals surface area contributed by atoms with Crippen molar-refractivity contribution >= 4 is 11.5 Å². The van der Waals surface area contributed by atoms with Gasteiger partial charge >= 0.3 is 0 Å². The number of hydrogen-bond acceptors (Lipinski definition) is 4. The molecule has 0 unspecified atom stereocenters. The Kier molecular flexibility index (Phi) is 5.85. The van der Waals surface area contributed by atoms with Crippen LogP contribution in [0.2, 0.25) is 0 Å². The minimum atomic E-state index is -0.0112. The van der Waals surface area contributed by atoms with Crippen molar-refractivity contribution < 1.29 is 14.3 Å². The molecule has 0 bridgehead atoms. The zero-order valence-electron chi connectivity index (χ0n) is 15.0. The second-order valence-electron chi connectivity index (χ2n) is 6.02. The predicted octanol–water partition coefficient (Wildman–Crippen LogP) is 4.46. The van der Waals surface area contributed by atoms with Crippen LogP contribution in [-0.2, 0) is 6.61 Å². The van der Waals surface area contributed by atoms with Crippen LogP contribution in [-0.4, -0.2) is 19.9 Å². The summed E-state index contributed by atoms with van der Waals surface area (Å²) in [4.78, 5) is 12.1. The summed E-state index contributed by atoms with van der Waals surface area (Å²) < 4.78 is 11.4. The maximum atomic E-state index is 12.1. The molecule has 0 amide bonds. The van der Waals surface area contributed by atoms with Gasteiger partial charge in [-0.3, -0.25) is 4.79 Å². The van der Waals surface area contributed by atoms with Gasteiger partial charge in [-0.15, -0.1) is 0 Å². The molecule has 0 saturated carbocycles. The first kappa shape index (κ1) is 17.9. The smallest absolute Gasteiger partial charge is 0.165 e. The van der Waals surface area contributed by atoms with Gasteiger partial charge in [0.1, 0.15) is 18.1 Å². The number of ketones is 1.